The highest BCUT2D eigenvalue weighted by atomic mass is 31.2. The molecule has 1 rings (SSSR count). The SMILES string of the molecule is CC1(C)COP(=O)([O-])C(C)(C)[NH2+]1. The highest BCUT2D eigenvalue weighted by Gasteiger charge is 2.46. The molecule has 1 heterocycles. The molecule has 0 aromatic carbocycles. The number of hydrogen-bond acceptors (Lipinski definition) is 3. The van der Waals surface area contributed by atoms with Crippen LogP contribution < -0.4 is 10.2 Å². The van der Waals surface area contributed by atoms with Gasteiger partial charge in [-0.1, -0.05) is 0 Å². The van der Waals surface area contributed by atoms with E-state index in [0.29, 0.717) is 0 Å². The van der Waals surface area contributed by atoms with Crippen molar-refractivity contribution in [1.82, 2.24) is 0 Å². The highest BCUT2D eigenvalue weighted by molar-refractivity contribution is 7.52. The van der Waals surface area contributed by atoms with Crippen LogP contribution in [0.4, 0.5) is 0 Å². The van der Waals surface area contributed by atoms with E-state index in [1.165, 1.54) is 0 Å². The van der Waals surface area contributed by atoms with E-state index < -0.39 is 12.9 Å². The van der Waals surface area contributed by atoms with E-state index in [4.69, 9.17) is 4.52 Å². The molecule has 4 nitrogen and oxygen atoms in total. The third-order valence-corrected chi connectivity index (χ3v) is 4.07. The summed E-state index contributed by atoms with van der Waals surface area (Å²) in [6, 6.07) is 0. The topological polar surface area (TPSA) is 66.0 Å². The second-order valence-electron chi connectivity index (χ2n) is 4.56. The maximum atomic E-state index is 11.4. The molecule has 1 atom stereocenters. The quantitative estimate of drug-likeness (QED) is 0.535. The van der Waals surface area contributed by atoms with Gasteiger partial charge in [0.2, 0.25) is 0 Å². The van der Waals surface area contributed by atoms with Crippen molar-refractivity contribution in [2.24, 2.45) is 0 Å². The first-order valence-electron chi connectivity index (χ1n) is 3.99. The Morgan fingerprint density at radius 2 is 1.92 bits per heavy atom. The maximum Gasteiger partial charge on any atom is 0.195 e. The number of quaternary nitrogens is 1. The van der Waals surface area contributed by atoms with Crippen molar-refractivity contribution < 1.29 is 19.3 Å². The highest BCUT2D eigenvalue weighted by Crippen LogP contribution is 2.49. The largest absolute Gasteiger partial charge is 0.774 e. The Balaban J connectivity index is 2.90. The van der Waals surface area contributed by atoms with Gasteiger partial charge in [0, 0.05) is 0 Å². The number of rotatable bonds is 0. The van der Waals surface area contributed by atoms with Crippen molar-refractivity contribution in [3.05, 3.63) is 0 Å². The molecule has 0 aliphatic carbocycles. The molecule has 2 N–H and O–H groups in total. The Morgan fingerprint density at radius 3 is 2.25 bits per heavy atom. The molecule has 0 aromatic rings. The lowest BCUT2D eigenvalue weighted by atomic mass is 10.1. The van der Waals surface area contributed by atoms with E-state index >= 15 is 0 Å². The van der Waals surface area contributed by atoms with Crippen LogP contribution in [0.25, 0.3) is 0 Å². The van der Waals surface area contributed by atoms with Gasteiger partial charge in [-0.15, -0.1) is 0 Å². The van der Waals surface area contributed by atoms with Crippen molar-refractivity contribution in [3.8, 4) is 0 Å². The number of nitrogens with two attached hydrogens (primary N) is 1. The molecule has 1 unspecified atom stereocenters. The molecule has 0 amide bonds. The van der Waals surface area contributed by atoms with Gasteiger partial charge >= 0.3 is 0 Å². The fourth-order valence-corrected chi connectivity index (χ4v) is 2.84. The zero-order chi connectivity index (χ0) is 9.62. The molecule has 0 saturated carbocycles. The van der Waals surface area contributed by atoms with E-state index in [0.717, 1.165) is 0 Å². The van der Waals surface area contributed by atoms with Crippen molar-refractivity contribution in [2.45, 2.75) is 38.5 Å². The lowest BCUT2D eigenvalue weighted by molar-refractivity contribution is -0.770. The lowest BCUT2D eigenvalue weighted by Gasteiger charge is -2.46. The van der Waals surface area contributed by atoms with Gasteiger partial charge in [0.1, 0.15) is 12.1 Å². The summed E-state index contributed by atoms with van der Waals surface area (Å²) in [6.45, 7) is 7.53. The molecular formula is C7H16NO3P. The first-order chi connectivity index (χ1) is 5.16. The van der Waals surface area contributed by atoms with Crippen LogP contribution in [0.5, 0.6) is 0 Å². The smallest absolute Gasteiger partial charge is 0.195 e. The van der Waals surface area contributed by atoms with Gasteiger partial charge in [0.15, 0.2) is 12.9 Å². The molecule has 5 heteroatoms. The van der Waals surface area contributed by atoms with Gasteiger partial charge in [-0.25, -0.2) is 0 Å². The summed E-state index contributed by atoms with van der Waals surface area (Å²) < 4.78 is 16.2. The van der Waals surface area contributed by atoms with Gasteiger partial charge in [0.25, 0.3) is 0 Å². The average molecular weight is 193 g/mol. The summed E-state index contributed by atoms with van der Waals surface area (Å²) in [5.41, 5.74) is -0.151. The summed E-state index contributed by atoms with van der Waals surface area (Å²) >= 11 is 0. The summed E-state index contributed by atoms with van der Waals surface area (Å²) in [6.07, 6.45) is 0. The van der Waals surface area contributed by atoms with Crippen molar-refractivity contribution in [3.63, 3.8) is 0 Å². The fraction of sp³-hybridized carbons (Fsp3) is 1.00. The second kappa shape index (κ2) is 2.55. The summed E-state index contributed by atoms with van der Waals surface area (Å²) in [5.74, 6) is 0. The fourth-order valence-electron chi connectivity index (χ4n) is 1.49. The molecule has 0 spiro atoms. The van der Waals surface area contributed by atoms with Crippen molar-refractivity contribution in [1.29, 1.82) is 0 Å². The van der Waals surface area contributed by atoms with Gasteiger partial charge in [-0.3, -0.25) is 0 Å². The minimum Gasteiger partial charge on any atom is -0.774 e. The Labute approximate surface area is 72.8 Å². The lowest BCUT2D eigenvalue weighted by Crippen LogP contribution is -3.06. The monoisotopic (exact) mass is 193 g/mol. The molecule has 0 radical (unpaired) electrons. The third kappa shape index (κ3) is 1.72. The summed E-state index contributed by atoms with van der Waals surface area (Å²) in [7, 11) is -3.68. The van der Waals surface area contributed by atoms with E-state index in [9.17, 15) is 9.46 Å². The van der Waals surface area contributed by atoms with Crippen LogP contribution in [0.3, 0.4) is 0 Å². The molecule has 0 aromatic heterocycles. The van der Waals surface area contributed by atoms with Gasteiger partial charge in [-0.2, -0.15) is 0 Å². The molecule has 1 aliphatic heterocycles. The first-order valence-corrected chi connectivity index (χ1v) is 5.53. The Hall–Kier alpha value is 0.110. The molecule has 0 bridgehead atoms. The van der Waals surface area contributed by atoms with Crippen LogP contribution in [0, 0.1) is 0 Å². The van der Waals surface area contributed by atoms with Crippen molar-refractivity contribution in [2.75, 3.05) is 6.61 Å². The van der Waals surface area contributed by atoms with E-state index in [-0.39, 0.29) is 12.1 Å². The third-order valence-electron chi connectivity index (χ3n) is 2.06. The molecule has 1 fully saturated rings. The van der Waals surface area contributed by atoms with Gasteiger partial charge < -0.3 is 19.3 Å². The van der Waals surface area contributed by atoms with Gasteiger partial charge in [0.05, 0.1) is 0 Å². The summed E-state index contributed by atoms with van der Waals surface area (Å²) in [4.78, 5) is 11.4. The first kappa shape index (κ1) is 10.2. The Kier molecular flexibility index (Phi) is 2.16. The predicted molar refractivity (Wildman–Crippen MR) is 43.6 cm³/mol. The molecule has 12 heavy (non-hydrogen) atoms. The molecule has 1 saturated heterocycles. The molecule has 1 aliphatic rings. The van der Waals surface area contributed by atoms with Crippen LogP contribution in [-0.2, 0) is 9.09 Å². The Morgan fingerprint density at radius 1 is 1.42 bits per heavy atom. The van der Waals surface area contributed by atoms with E-state index in [1.54, 1.807) is 13.8 Å². The van der Waals surface area contributed by atoms with E-state index in [1.807, 2.05) is 19.2 Å². The summed E-state index contributed by atoms with van der Waals surface area (Å²) in [5, 5.41) is 1.01. The van der Waals surface area contributed by atoms with Crippen LogP contribution in [0.1, 0.15) is 27.7 Å². The zero-order valence-electron chi connectivity index (χ0n) is 7.96. The minimum atomic E-state index is -3.68. The molecule has 72 valence electrons. The second-order valence-corrected chi connectivity index (χ2v) is 6.96. The predicted octanol–water partition coefficient (Wildman–Crippen LogP) is -0.352. The van der Waals surface area contributed by atoms with Crippen LogP contribution in [-0.4, -0.2) is 17.4 Å². The van der Waals surface area contributed by atoms with Crippen molar-refractivity contribution >= 4 is 7.60 Å². The van der Waals surface area contributed by atoms with Gasteiger partial charge in [-0.05, 0) is 27.7 Å². The minimum absolute atomic E-state index is 0.151. The average Bonchev–Trinajstić information content (AvgIpc) is 1.79. The van der Waals surface area contributed by atoms with Crippen LogP contribution in [0.2, 0.25) is 0 Å². The maximum absolute atomic E-state index is 11.4. The number of hydrogen-bond donors (Lipinski definition) is 1. The Bertz CT molecular complexity index is 237. The normalized spacial score (nSPS) is 39.4. The molecular weight excluding hydrogens is 177 g/mol. The van der Waals surface area contributed by atoms with Crippen LogP contribution >= 0.6 is 7.60 Å². The van der Waals surface area contributed by atoms with Crippen LogP contribution in [0.15, 0.2) is 0 Å². The zero-order valence-corrected chi connectivity index (χ0v) is 8.85. The van der Waals surface area contributed by atoms with E-state index in [2.05, 4.69) is 0 Å². The standard InChI is InChI=1S/C7H16NO3P/c1-6(2)5-11-12(9,10)7(3,4)8-6/h8H,5H2,1-4H3,(H,9,10).